The molecule has 0 atom stereocenters. The molecule has 1 fully saturated rings. The minimum Gasteiger partial charge on any atom is -0.384 e. The largest absolute Gasteiger partial charge is 0.384 e. The molecule has 0 amide bonds. The molecule has 1 heterocycles. The number of aromatic nitrogens is 1. The molecule has 0 spiro atoms. The van der Waals surface area contributed by atoms with Gasteiger partial charge in [-0.2, -0.15) is 0 Å². The highest BCUT2D eigenvalue weighted by Crippen LogP contribution is 2.30. The molecule has 4 nitrogen and oxygen atoms in total. The molecule has 0 radical (unpaired) electrons. The summed E-state index contributed by atoms with van der Waals surface area (Å²) >= 11 is 0. The lowest BCUT2D eigenvalue weighted by atomic mass is 9.85. The maximum atomic E-state index is 7.87. The van der Waals surface area contributed by atoms with Gasteiger partial charge >= 0.3 is 0 Å². The Hall–Kier alpha value is -2.10. The number of hydrogen-bond donors (Lipinski definition) is 2. The molecular formula is C17H22N4. The van der Waals surface area contributed by atoms with Crippen LogP contribution >= 0.6 is 0 Å². The summed E-state index contributed by atoms with van der Waals surface area (Å²) in [4.78, 5) is 7.05. The molecule has 4 heteroatoms. The Morgan fingerprint density at radius 1 is 1.38 bits per heavy atom. The number of nitrogens with zero attached hydrogens (tertiary/aromatic N) is 2. The number of hydrogen-bond acceptors (Lipinski definition) is 3. The van der Waals surface area contributed by atoms with Crippen molar-refractivity contribution in [3.63, 3.8) is 0 Å². The van der Waals surface area contributed by atoms with Crippen molar-refractivity contribution >= 4 is 22.6 Å². The first-order chi connectivity index (χ1) is 10.2. The Labute approximate surface area is 125 Å². The van der Waals surface area contributed by atoms with Crippen molar-refractivity contribution in [3.8, 4) is 0 Å². The van der Waals surface area contributed by atoms with Crippen LogP contribution in [0.4, 0.5) is 5.82 Å². The van der Waals surface area contributed by atoms with Crippen LogP contribution in [0.5, 0.6) is 0 Å². The highest BCUT2D eigenvalue weighted by molar-refractivity contribution is 6.03. The molecule has 3 rings (SSSR count). The average molecular weight is 282 g/mol. The number of nitrogens with one attached hydrogen (secondary N) is 1. The first-order valence-corrected chi connectivity index (χ1v) is 7.68. The van der Waals surface area contributed by atoms with Gasteiger partial charge in [0.25, 0.3) is 0 Å². The van der Waals surface area contributed by atoms with E-state index in [1.807, 2.05) is 30.3 Å². The Morgan fingerprint density at radius 3 is 2.76 bits per heavy atom. The smallest absolute Gasteiger partial charge is 0.140 e. The van der Waals surface area contributed by atoms with Crippen molar-refractivity contribution in [1.82, 2.24) is 4.98 Å². The van der Waals surface area contributed by atoms with Crippen molar-refractivity contribution in [2.45, 2.75) is 26.2 Å². The Morgan fingerprint density at radius 2 is 2.14 bits per heavy atom. The summed E-state index contributed by atoms with van der Waals surface area (Å²) in [6.07, 6.45) is 3.95. The van der Waals surface area contributed by atoms with Crippen LogP contribution in [0.25, 0.3) is 10.9 Å². The quantitative estimate of drug-likeness (QED) is 0.654. The molecule has 0 saturated heterocycles. The Bertz CT molecular complexity index is 661. The molecule has 2 aromatic rings. The lowest BCUT2D eigenvalue weighted by Crippen LogP contribution is -2.34. The van der Waals surface area contributed by atoms with Gasteiger partial charge in [0.2, 0.25) is 0 Å². The highest BCUT2D eigenvalue weighted by Gasteiger charge is 2.23. The van der Waals surface area contributed by atoms with Crippen LogP contribution in [0.15, 0.2) is 30.3 Å². The summed E-state index contributed by atoms with van der Waals surface area (Å²) in [5.41, 5.74) is 7.50. The second-order valence-electron chi connectivity index (χ2n) is 5.80. The zero-order valence-electron chi connectivity index (χ0n) is 12.5. The predicted molar refractivity (Wildman–Crippen MR) is 88.0 cm³/mol. The molecule has 110 valence electrons. The maximum absolute atomic E-state index is 7.87. The van der Waals surface area contributed by atoms with Gasteiger partial charge in [0, 0.05) is 18.5 Å². The lowest BCUT2D eigenvalue weighted by Gasteiger charge is -2.33. The summed E-state index contributed by atoms with van der Waals surface area (Å²) in [5.74, 6) is 1.71. The van der Waals surface area contributed by atoms with Crippen molar-refractivity contribution in [1.29, 1.82) is 5.41 Å². The van der Waals surface area contributed by atoms with E-state index < -0.39 is 0 Å². The Balaban J connectivity index is 2.04. The molecule has 0 bridgehead atoms. The van der Waals surface area contributed by atoms with Crippen LogP contribution in [-0.2, 0) is 0 Å². The summed E-state index contributed by atoms with van der Waals surface area (Å²) in [6.45, 7) is 4.05. The summed E-state index contributed by atoms with van der Waals surface area (Å²) < 4.78 is 0. The molecule has 21 heavy (non-hydrogen) atoms. The molecular weight excluding hydrogens is 260 g/mol. The Kier molecular flexibility index (Phi) is 3.78. The van der Waals surface area contributed by atoms with Crippen LogP contribution in [0, 0.1) is 11.3 Å². The van der Waals surface area contributed by atoms with Gasteiger partial charge in [-0.1, -0.05) is 24.6 Å². The van der Waals surface area contributed by atoms with Crippen molar-refractivity contribution < 1.29 is 0 Å². The van der Waals surface area contributed by atoms with Crippen LogP contribution in [-0.4, -0.2) is 23.9 Å². The van der Waals surface area contributed by atoms with E-state index in [1.54, 1.807) is 0 Å². The third-order valence-corrected chi connectivity index (χ3v) is 4.38. The molecule has 1 aromatic heterocycles. The highest BCUT2D eigenvalue weighted by atomic mass is 15.2. The van der Waals surface area contributed by atoms with Gasteiger partial charge in [-0.15, -0.1) is 0 Å². The monoisotopic (exact) mass is 282 g/mol. The van der Waals surface area contributed by atoms with Crippen LogP contribution in [0.2, 0.25) is 0 Å². The fourth-order valence-corrected chi connectivity index (χ4v) is 2.90. The van der Waals surface area contributed by atoms with E-state index in [4.69, 9.17) is 16.1 Å². The first kappa shape index (κ1) is 13.9. The fraction of sp³-hybridized carbons (Fsp3) is 0.412. The van der Waals surface area contributed by atoms with Crippen LogP contribution in [0.3, 0.4) is 0 Å². The number of nitrogen functional groups attached to an aromatic ring is 1. The molecule has 0 unspecified atom stereocenters. The maximum Gasteiger partial charge on any atom is 0.140 e. The van der Waals surface area contributed by atoms with E-state index in [-0.39, 0.29) is 5.84 Å². The van der Waals surface area contributed by atoms with E-state index in [9.17, 15) is 0 Å². The minimum atomic E-state index is 0.0929. The number of nitrogens with two attached hydrogens (primary N) is 1. The second kappa shape index (κ2) is 5.72. The number of amidine groups is 1. The molecule has 1 aliphatic carbocycles. The number of anilines is 1. The first-order valence-electron chi connectivity index (χ1n) is 7.68. The van der Waals surface area contributed by atoms with Gasteiger partial charge in [0.1, 0.15) is 11.7 Å². The molecule has 1 aromatic carbocycles. The van der Waals surface area contributed by atoms with E-state index in [1.165, 1.54) is 19.3 Å². The van der Waals surface area contributed by atoms with Gasteiger partial charge in [-0.25, -0.2) is 4.98 Å². The van der Waals surface area contributed by atoms with Gasteiger partial charge in [-0.3, -0.25) is 5.41 Å². The van der Waals surface area contributed by atoms with Crippen LogP contribution in [0.1, 0.15) is 31.7 Å². The molecule has 1 aliphatic rings. The number of para-hydroxylation sites is 1. The number of fused-ring (bicyclic) bond motifs is 1. The third kappa shape index (κ3) is 2.71. The van der Waals surface area contributed by atoms with Gasteiger partial charge < -0.3 is 10.6 Å². The standard InChI is InChI=1S/C17H22N4/c1-2-21(11-12-6-5-7-12)17-14(16(18)19)10-13-8-3-4-9-15(13)20-17/h3-4,8-10,12H,2,5-7,11H2,1H3,(H3,18,19). The fourth-order valence-electron chi connectivity index (χ4n) is 2.90. The average Bonchev–Trinajstić information content (AvgIpc) is 2.45. The predicted octanol–water partition coefficient (Wildman–Crippen LogP) is 3.15. The summed E-state index contributed by atoms with van der Waals surface area (Å²) in [7, 11) is 0. The van der Waals surface area contributed by atoms with E-state index in [2.05, 4.69) is 11.8 Å². The van der Waals surface area contributed by atoms with E-state index >= 15 is 0 Å². The van der Waals surface area contributed by atoms with Gasteiger partial charge in [0.15, 0.2) is 0 Å². The number of rotatable bonds is 5. The molecule has 0 aliphatic heterocycles. The number of benzene rings is 1. The van der Waals surface area contributed by atoms with E-state index in [0.717, 1.165) is 41.3 Å². The topological polar surface area (TPSA) is 66.0 Å². The lowest BCUT2D eigenvalue weighted by molar-refractivity contribution is 0.318. The van der Waals surface area contributed by atoms with Gasteiger partial charge in [0.05, 0.1) is 11.1 Å². The van der Waals surface area contributed by atoms with Crippen molar-refractivity contribution in [2.24, 2.45) is 11.7 Å². The zero-order valence-corrected chi connectivity index (χ0v) is 12.5. The third-order valence-electron chi connectivity index (χ3n) is 4.38. The minimum absolute atomic E-state index is 0.0929. The van der Waals surface area contributed by atoms with Crippen LogP contribution < -0.4 is 10.6 Å². The number of pyridine rings is 1. The second-order valence-corrected chi connectivity index (χ2v) is 5.80. The normalized spacial score (nSPS) is 14.9. The van der Waals surface area contributed by atoms with Crippen molar-refractivity contribution in [2.75, 3.05) is 18.0 Å². The molecule has 1 saturated carbocycles. The zero-order chi connectivity index (χ0) is 14.8. The SMILES string of the molecule is CCN(CC1CCC1)c1nc2ccccc2cc1C(=N)N. The molecule has 3 N–H and O–H groups in total. The van der Waals surface area contributed by atoms with E-state index in [0.29, 0.717) is 0 Å². The van der Waals surface area contributed by atoms with Gasteiger partial charge in [-0.05, 0) is 37.8 Å². The van der Waals surface area contributed by atoms with Crippen molar-refractivity contribution in [3.05, 3.63) is 35.9 Å². The summed E-state index contributed by atoms with van der Waals surface area (Å²) in [5, 5.41) is 8.91. The summed E-state index contributed by atoms with van der Waals surface area (Å²) in [6, 6.07) is 10.00.